The van der Waals surface area contributed by atoms with Gasteiger partial charge in [0.1, 0.15) is 0 Å². The molecule has 0 spiro atoms. The van der Waals surface area contributed by atoms with Crippen LogP contribution < -0.4 is 0 Å². The highest BCUT2D eigenvalue weighted by Gasteiger charge is 1.96. The van der Waals surface area contributed by atoms with E-state index in [1.54, 1.807) is 0 Å². The van der Waals surface area contributed by atoms with Crippen LogP contribution in [0.5, 0.6) is 0 Å². The second-order valence-electron chi connectivity index (χ2n) is 5.46. The molecule has 0 aromatic carbocycles. The van der Waals surface area contributed by atoms with E-state index in [-0.39, 0.29) is 5.97 Å². The molecule has 0 heterocycles. The van der Waals surface area contributed by atoms with Crippen molar-refractivity contribution >= 4 is 5.97 Å². The standard InChI is InChI=1S/C21H34O2/c1-3-4-5-6-7-8-9-10-11-12-13-14-15-16-17-18-19-20-21(22)23-2/h7-8,10-11,13-14,16-17H,3-6,9,12,15,18-20H2,1-2H3/b8-7-,11-10-,14-13-,17-16-/i14T. The number of allylic oxidation sites excluding steroid dienone is 8. The van der Waals surface area contributed by atoms with Gasteiger partial charge in [0.2, 0.25) is 0 Å². The Morgan fingerprint density at radius 2 is 1.48 bits per heavy atom. The number of carbonyl (C=O) groups is 1. The maximum Gasteiger partial charge on any atom is 0.305 e. The van der Waals surface area contributed by atoms with E-state index in [4.69, 9.17) is 1.37 Å². The molecule has 0 amide bonds. The van der Waals surface area contributed by atoms with Crippen molar-refractivity contribution in [3.8, 4) is 0 Å². The summed E-state index contributed by atoms with van der Waals surface area (Å²) in [5.41, 5.74) is 0. The molecule has 0 saturated carbocycles. The number of unbranched alkanes of at least 4 members (excludes halogenated alkanes) is 4. The van der Waals surface area contributed by atoms with Crippen LogP contribution in [0.3, 0.4) is 0 Å². The van der Waals surface area contributed by atoms with Gasteiger partial charge in [-0.3, -0.25) is 4.79 Å². The van der Waals surface area contributed by atoms with Crippen LogP contribution in [0, 0.1) is 0 Å². The molecule has 0 aliphatic heterocycles. The van der Waals surface area contributed by atoms with E-state index in [9.17, 15) is 4.79 Å². The Hall–Kier alpha value is -1.57. The van der Waals surface area contributed by atoms with Gasteiger partial charge in [-0.25, -0.2) is 0 Å². The lowest BCUT2D eigenvalue weighted by atomic mass is 10.2. The van der Waals surface area contributed by atoms with E-state index in [0.29, 0.717) is 18.9 Å². The van der Waals surface area contributed by atoms with E-state index in [1.165, 1.54) is 32.8 Å². The van der Waals surface area contributed by atoms with Crippen molar-refractivity contribution in [2.45, 2.75) is 71.1 Å². The molecule has 0 aliphatic carbocycles. The predicted octanol–water partition coefficient (Wildman–Crippen LogP) is 6.31. The summed E-state index contributed by atoms with van der Waals surface area (Å²) in [5, 5.41) is 0. The molecule has 2 heteroatoms. The summed E-state index contributed by atoms with van der Waals surface area (Å²) in [7, 11) is 1.41. The first kappa shape index (κ1) is 19.5. The summed E-state index contributed by atoms with van der Waals surface area (Å²) in [4.78, 5) is 10.9. The molecular formula is C21H34O2. The molecule has 0 unspecified atom stereocenters. The lowest BCUT2D eigenvalue weighted by molar-refractivity contribution is -0.140. The first-order valence-corrected chi connectivity index (χ1v) is 8.88. The quantitative estimate of drug-likeness (QED) is 0.213. The number of rotatable bonds is 14. The maximum absolute atomic E-state index is 10.9. The Kier molecular flexibility index (Phi) is 15.6. The summed E-state index contributed by atoms with van der Waals surface area (Å²) in [6, 6.07) is 0.638. The van der Waals surface area contributed by atoms with Gasteiger partial charge >= 0.3 is 5.97 Å². The van der Waals surface area contributed by atoms with Gasteiger partial charge < -0.3 is 4.74 Å². The number of hydrogen-bond donors (Lipinski definition) is 0. The van der Waals surface area contributed by atoms with Gasteiger partial charge in [-0.2, -0.15) is 0 Å². The van der Waals surface area contributed by atoms with Crippen molar-refractivity contribution in [2.24, 2.45) is 0 Å². The molecule has 0 atom stereocenters. The minimum atomic E-state index is -0.160. The topological polar surface area (TPSA) is 26.3 Å². The number of carbonyl (C=O) groups excluding carboxylic acids is 1. The molecule has 0 aromatic heterocycles. The van der Waals surface area contributed by atoms with Crippen LogP contribution >= 0.6 is 0 Å². The average molecular weight is 321 g/mol. The summed E-state index contributed by atoms with van der Waals surface area (Å²) in [5.74, 6) is -0.160. The molecule has 0 bridgehead atoms. The molecule has 0 fully saturated rings. The Morgan fingerprint density at radius 1 is 0.870 bits per heavy atom. The summed E-state index contributed by atoms with van der Waals surface area (Å²) in [6.07, 6.45) is 24.4. The van der Waals surface area contributed by atoms with Gasteiger partial charge in [-0.15, -0.1) is 0 Å². The van der Waals surface area contributed by atoms with Gasteiger partial charge in [0.25, 0.3) is 0 Å². The third kappa shape index (κ3) is 18.4. The summed E-state index contributed by atoms with van der Waals surface area (Å²) < 4.78 is 12.4. The van der Waals surface area contributed by atoms with Gasteiger partial charge in [0, 0.05) is 6.42 Å². The Balaban J connectivity index is 3.64. The molecular weight excluding hydrogens is 284 g/mol. The normalized spacial score (nSPS) is 13.3. The van der Waals surface area contributed by atoms with Crippen molar-refractivity contribution in [2.75, 3.05) is 7.11 Å². The zero-order valence-corrected chi connectivity index (χ0v) is 14.9. The van der Waals surface area contributed by atoms with Crippen LogP contribution in [0.25, 0.3) is 0 Å². The zero-order chi connectivity index (χ0) is 17.9. The molecule has 0 saturated heterocycles. The minimum absolute atomic E-state index is 0.160. The number of ether oxygens (including phenoxy) is 1. The van der Waals surface area contributed by atoms with Crippen LogP contribution in [0.2, 0.25) is 0 Å². The Bertz CT molecular complexity index is 420. The van der Waals surface area contributed by atoms with E-state index < -0.39 is 0 Å². The molecule has 0 aromatic rings. The average Bonchev–Trinajstić information content (AvgIpc) is 2.59. The van der Waals surface area contributed by atoms with Crippen molar-refractivity contribution in [3.63, 3.8) is 0 Å². The smallest absolute Gasteiger partial charge is 0.305 e. The fourth-order valence-corrected chi connectivity index (χ4v) is 1.97. The van der Waals surface area contributed by atoms with Gasteiger partial charge in [0.15, 0.2) is 0 Å². The van der Waals surface area contributed by atoms with Crippen LogP contribution in [-0.2, 0) is 9.53 Å². The maximum atomic E-state index is 10.9. The molecule has 0 radical (unpaired) electrons. The fourth-order valence-electron chi connectivity index (χ4n) is 1.97. The monoisotopic (exact) mass is 320 g/mol. The van der Waals surface area contributed by atoms with Crippen molar-refractivity contribution < 1.29 is 10.9 Å². The van der Waals surface area contributed by atoms with E-state index in [1.807, 2.05) is 18.2 Å². The predicted molar refractivity (Wildman–Crippen MR) is 100 cm³/mol. The summed E-state index contributed by atoms with van der Waals surface area (Å²) >= 11 is 0. The molecule has 130 valence electrons. The number of hydrogen-bond acceptors (Lipinski definition) is 2. The molecule has 2 nitrogen and oxygen atoms in total. The first-order valence-electron chi connectivity index (χ1n) is 9.38. The third-order valence-corrected chi connectivity index (χ3v) is 3.36. The van der Waals surface area contributed by atoms with Crippen LogP contribution in [-0.4, -0.2) is 13.1 Å². The highest BCUT2D eigenvalue weighted by Crippen LogP contribution is 2.01. The molecule has 23 heavy (non-hydrogen) atoms. The van der Waals surface area contributed by atoms with Crippen LogP contribution in [0.15, 0.2) is 48.6 Å². The van der Waals surface area contributed by atoms with E-state index >= 15 is 0 Å². The van der Waals surface area contributed by atoms with E-state index in [2.05, 4.69) is 36.0 Å². The van der Waals surface area contributed by atoms with Crippen LogP contribution in [0.1, 0.15) is 72.5 Å². The first-order chi connectivity index (χ1) is 11.7. The van der Waals surface area contributed by atoms with Crippen molar-refractivity contribution in [1.82, 2.24) is 0 Å². The number of methoxy groups -OCH3 is 1. The van der Waals surface area contributed by atoms with Crippen molar-refractivity contribution in [3.05, 3.63) is 48.6 Å². The highest BCUT2D eigenvalue weighted by molar-refractivity contribution is 5.69. The fraction of sp³-hybridized carbons (Fsp3) is 0.571. The lowest BCUT2D eigenvalue weighted by Crippen LogP contribution is -1.98. The summed E-state index contributed by atoms with van der Waals surface area (Å²) in [6.45, 7) is 2.22. The minimum Gasteiger partial charge on any atom is -0.469 e. The molecule has 0 rings (SSSR count). The van der Waals surface area contributed by atoms with Gasteiger partial charge in [0.05, 0.1) is 8.48 Å². The Labute approximate surface area is 144 Å². The second-order valence-corrected chi connectivity index (χ2v) is 5.46. The molecule has 0 aliphatic rings. The van der Waals surface area contributed by atoms with E-state index in [0.717, 1.165) is 25.7 Å². The zero-order valence-electron chi connectivity index (χ0n) is 15.9. The van der Waals surface area contributed by atoms with Crippen LogP contribution in [0.4, 0.5) is 0 Å². The van der Waals surface area contributed by atoms with Crippen molar-refractivity contribution in [1.29, 1.82) is 0 Å². The largest absolute Gasteiger partial charge is 0.469 e. The lowest BCUT2D eigenvalue weighted by Gasteiger charge is -1.95. The highest BCUT2D eigenvalue weighted by atomic mass is 16.5. The SMILES string of the molecule is [3H]/C(=C/C/C=C\C/C=C\CCCCC)C/C=C\CCCC(=O)OC. The number of esters is 1. The Morgan fingerprint density at radius 3 is 2.17 bits per heavy atom. The third-order valence-electron chi connectivity index (χ3n) is 3.36. The second kappa shape index (κ2) is 18.5. The van der Waals surface area contributed by atoms with Gasteiger partial charge in [-0.05, 0) is 44.9 Å². The van der Waals surface area contributed by atoms with Gasteiger partial charge in [-0.1, -0.05) is 68.3 Å². The molecule has 0 N–H and O–H groups in total.